The van der Waals surface area contributed by atoms with Gasteiger partial charge in [0.15, 0.2) is 0 Å². The number of rotatable bonds is 7. The third-order valence-electron chi connectivity index (χ3n) is 4.17. The average molecular weight is 272 g/mol. The number of aryl methyl sites for hydroxylation is 2. The van der Waals surface area contributed by atoms with Crippen LogP contribution < -0.4 is 5.73 Å². The van der Waals surface area contributed by atoms with Crippen molar-refractivity contribution in [3.63, 3.8) is 0 Å². The highest BCUT2D eigenvalue weighted by Gasteiger charge is 2.28. The fourth-order valence-corrected chi connectivity index (χ4v) is 2.74. The van der Waals surface area contributed by atoms with Gasteiger partial charge in [0, 0.05) is 6.54 Å². The molecular formula is C14H26ClN3. The Balaban J connectivity index is 3.12. The van der Waals surface area contributed by atoms with Gasteiger partial charge in [-0.15, -0.1) is 0 Å². The third kappa shape index (κ3) is 2.89. The van der Waals surface area contributed by atoms with Gasteiger partial charge in [0.2, 0.25) is 0 Å². The Labute approximate surface area is 116 Å². The largest absolute Gasteiger partial charge is 0.330 e. The first-order valence-corrected chi connectivity index (χ1v) is 7.39. The maximum absolute atomic E-state index is 6.46. The molecule has 0 fully saturated rings. The zero-order valence-corrected chi connectivity index (χ0v) is 12.8. The number of nitrogens with zero attached hydrogens (tertiary/aromatic N) is 2. The van der Waals surface area contributed by atoms with Crippen molar-refractivity contribution >= 4 is 11.6 Å². The molecule has 0 saturated heterocycles. The van der Waals surface area contributed by atoms with Gasteiger partial charge in [-0.1, -0.05) is 32.4 Å². The number of nitrogens with two attached hydrogens (primary N) is 1. The van der Waals surface area contributed by atoms with Crippen LogP contribution in [0.4, 0.5) is 0 Å². The Bertz CT molecular complexity index is 372. The molecule has 104 valence electrons. The van der Waals surface area contributed by atoms with Crippen LogP contribution in [0, 0.1) is 5.41 Å². The average Bonchev–Trinajstić information content (AvgIpc) is 2.72. The van der Waals surface area contributed by atoms with Crippen LogP contribution >= 0.6 is 11.6 Å². The van der Waals surface area contributed by atoms with Crippen molar-refractivity contribution in [3.05, 3.63) is 16.4 Å². The third-order valence-corrected chi connectivity index (χ3v) is 4.61. The van der Waals surface area contributed by atoms with E-state index in [0.29, 0.717) is 6.54 Å². The van der Waals surface area contributed by atoms with Crippen LogP contribution in [0.1, 0.15) is 51.9 Å². The molecule has 0 atom stereocenters. The molecule has 3 nitrogen and oxygen atoms in total. The molecule has 1 heterocycles. The minimum absolute atomic E-state index is 0.154. The van der Waals surface area contributed by atoms with E-state index in [9.17, 15) is 0 Å². The number of halogens is 1. The minimum Gasteiger partial charge on any atom is -0.330 e. The monoisotopic (exact) mass is 271 g/mol. The quantitative estimate of drug-likeness (QED) is 0.826. The normalized spacial score (nSPS) is 12.1. The van der Waals surface area contributed by atoms with Crippen molar-refractivity contribution in [1.29, 1.82) is 0 Å². The van der Waals surface area contributed by atoms with E-state index in [-0.39, 0.29) is 5.41 Å². The van der Waals surface area contributed by atoms with Gasteiger partial charge >= 0.3 is 0 Å². The minimum atomic E-state index is 0.154. The lowest BCUT2D eigenvalue weighted by molar-refractivity contribution is 0.264. The van der Waals surface area contributed by atoms with E-state index < -0.39 is 0 Å². The number of hydrogen-bond acceptors (Lipinski definition) is 2. The number of aromatic nitrogens is 2. The molecule has 0 radical (unpaired) electrons. The van der Waals surface area contributed by atoms with Gasteiger partial charge < -0.3 is 5.73 Å². The molecule has 0 unspecified atom stereocenters. The van der Waals surface area contributed by atoms with E-state index in [4.69, 9.17) is 17.3 Å². The second kappa shape index (κ2) is 6.58. The first-order chi connectivity index (χ1) is 8.57. The lowest BCUT2D eigenvalue weighted by Crippen LogP contribution is -2.32. The van der Waals surface area contributed by atoms with Crippen molar-refractivity contribution < 1.29 is 0 Å². The summed E-state index contributed by atoms with van der Waals surface area (Å²) in [6.07, 6.45) is 3.96. The molecule has 4 heteroatoms. The van der Waals surface area contributed by atoms with Crippen LogP contribution in [0.2, 0.25) is 5.02 Å². The van der Waals surface area contributed by atoms with Crippen molar-refractivity contribution in [2.45, 2.75) is 59.9 Å². The van der Waals surface area contributed by atoms with E-state index in [1.807, 2.05) is 4.68 Å². The highest BCUT2D eigenvalue weighted by Crippen LogP contribution is 2.33. The SMILES string of the molecule is CCc1nn(CC)c(CC(CC)(CC)CN)c1Cl. The molecule has 0 aromatic carbocycles. The van der Waals surface area contributed by atoms with E-state index in [1.165, 1.54) is 0 Å². The smallest absolute Gasteiger partial charge is 0.0850 e. The Kier molecular flexibility index (Phi) is 5.67. The van der Waals surface area contributed by atoms with Crippen molar-refractivity contribution in [2.75, 3.05) is 6.54 Å². The van der Waals surface area contributed by atoms with Gasteiger partial charge in [0.1, 0.15) is 0 Å². The zero-order valence-electron chi connectivity index (χ0n) is 12.1. The predicted molar refractivity (Wildman–Crippen MR) is 78.1 cm³/mol. The summed E-state index contributed by atoms with van der Waals surface area (Å²) in [5.74, 6) is 0. The van der Waals surface area contributed by atoms with Crippen LogP contribution in [0.5, 0.6) is 0 Å². The predicted octanol–water partition coefficient (Wildman–Crippen LogP) is 3.43. The fraction of sp³-hybridized carbons (Fsp3) is 0.786. The van der Waals surface area contributed by atoms with Crippen LogP contribution in [0.15, 0.2) is 0 Å². The molecule has 1 rings (SSSR count). The lowest BCUT2D eigenvalue weighted by Gasteiger charge is -2.30. The molecule has 0 aliphatic carbocycles. The summed E-state index contributed by atoms with van der Waals surface area (Å²) in [5, 5.41) is 5.42. The van der Waals surface area contributed by atoms with Gasteiger partial charge in [-0.25, -0.2) is 0 Å². The molecule has 0 aliphatic heterocycles. The summed E-state index contributed by atoms with van der Waals surface area (Å²) >= 11 is 6.46. The van der Waals surface area contributed by atoms with Crippen molar-refractivity contribution in [2.24, 2.45) is 11.1 Å². The van der Waals surface area contributed by atoms with E-state index in [2.05, 4.69) is 32.8 Å². The Morgan fingerprint density at radius 2 is 1.83 bits per heavy atom. The Morgan fingerprint density at radius 3 is 2.22 bits per heavy atom. The van der Waals surface area contributed by atoms with Crippen molar-refractivity contribution in [1.82, 2.24) is 9.78 Å². The van der Waals surface area contributed by atoms with Crippen LogP contribution in [0.3, 0.4) is 0 Å². The summed E-state index contributed by atoms with van der Waals surface area (Å²) in [7, 11) is 0. The summed E-state index contributed by atoms with van der Waals surface area (Å²) < 4.78 is 2.04. The molecule has 1 aromatic heterocycles. The first-order valence-electron chi connectivity index (χ1n) is 7.01. The van der Waals surface area contributed by atoms with Gasteiger partial charge in [-0.05, 0) is 44.6 Å². The zero-order chi connectivity index (χ0) is 13.8. The summed E-state index contributed by atoms with van der Waals surface area (Å²) in [5.41, 5.74) is 8.30. The van der Waals surface area contributed by atoms with Crippen LogP contribution in [-0.4, -0.2) is 16.3 Å². The maximum atomic E-state index is 6.46. The maximum Gasteiger partial charge on any atom is 0.0850 e. The molecule has 1 aromatic rings. The molecule has 0 aliphatic rings. The Morgan fingerprint density at radius 1 is 1.22 bits per heavy atom. The summed E-state index contributed by atoms with van der Waals surface area (Å²) in [6.45, 7) is 10.2. The standard InChI is InChI=1S/C14H26ClN3/c1-5-11-13(15)12(18(8-4)17-11)9-14(6-2,7-3)10-16/h5-10,16H2,1-4H3. The lowest BCUT2D eigenvalue weighted by atomic mass is 9.78. The van der Waals surface area contributed by atoms with Crippen LogP contribution in [-0.2, 0) is 19.4 Å². The topological polar surface area (TPSA) is 43.8 Å². The highest BCUT2D eigenvalue weighted by atomic mass is 35.5. The summed E-state index contributed by atoms with van der Waals surface area (Å²) in [6, 6.07) is 0. The van der Waals surface area contributed by atoms with Gasteiger partial charge in [0.25, 0.3) is 0 Å². The van der Waals surface area contributed by atoms with Gasteiger partial charge in [-0.2, -0.15) is 5.10 Å². The molecule has 0 amide bonds. The second-order valence-corrected chi connectivity index (χ2v) is 5.34. The highest BCUT2D eigenvalue weighted by molar-refractivity contribution is 6.31. The molecule has 0 spiro atoms. The second-order valence-electron chi connectivity index (χ2n) is 4.96. The number of hydrogen-bond donors (Lipinski definition) is 1. The molecule has 0 saturated carbocycles. The first kappa shape index (κ1) is 15.5. The molecule has 2 N–H and O–H groups in total. The fourth-order valence-electron chi connectivity index (χ4n) is 2.40. The van der Waals surface area contributed by atoms with Crippen LogP contribution in [0.25, 0.3) is 0 Å². The Hall–Kier alpha value is -0.540. The molecule has 18 heavy (non-hydrogen) atoms. The molecule has 0 bridgehead atoms. The van der Waals surface area contributed by atoms with Crippen molar-refractivity contribution in [3.8, 4) is 0 Å². The molecular weight excluding hydrogens is 246 g/mol. The van der Waals surface area contributed by atoms with Gasteiger partial charge in [0.05, 0.1) is 16.4 Å². The van der Waals surface area contributed by atoms with Gasteiger partial charge in [-0.3, -0.25) is 4.68 Å². The summed E-state index contributed by atoms with van der Waals surface area (Å²) in [4.78, 5) is 0. The van der Waals surface area contributed by atoms with E-state index >= 15 is 0 Å². The van der Waals surface area contributed by atoms with E-state index in [0.717, 1.165) is 48.6 Å². The van der Waals surface area contributed by atoms with E-state index in [1.54, 1.807) is 0 Å².